The van der Waals surface area contributed by atoms with E-state index in [4.69, 9.17) is 4.74 Å². The van der Waals surface area contributed by atoms with Gasteiger partial charge >= 0.3 is 18.3 Å². The molecule has 6 rings (SSSR count). The summed E-state index contributed by atoms with van der Waals surface area (Å²) in [5.74, 6) is 0.291. The van der Waals surface area contributed by atoms with E-state index in [-0.39, 0.29) is 11.6 Å². The second kappa shape index (κ2) is 7.88. The van der Waals surface area contributed by atoms with Crippen LogP contribution < -0.4 is 15.4 Å². The zero-order valence-electron chi connectivity index (χ0n) is 18.4. The van der Waals surface area contributed by atoms with Gasteiger partial charge in [-0.25, -0.2) is 14.8 Å². The van der Waals surface area contributed by atoms with Gasteiger partial charge in [0.25, 0.3) is 5.91 Å². The van der Waals surface area contributed by atoms with Gasteiger partial charge in [0.2, 0.25) is 0 Å². The van der Waals surface area contributed by atoms with E-state index < -0.39 is 35.1 Å². The predicted octanol–water partition coefficient (Wildman–Crippen LogP) is 3.20. The molecule has 2 unspecified atom stereocenters. The van der Waals surface area contributed by atoms with Crippen molar-refractivity contribution in [3.63, 3.8) is 0 Å². The first-order valence-electron chi connectivity index (χ1n) is 11.0. The molecule has 0 saturated heterocycles. The number of carbonyl (C=O) groups is 2. The molecule has 180 valence electrons. The molecule has 2 aromatic heterocycles. The Balaban J connectivity index is 1.31. The Morgan fingerprint density at radius 1 is 1.06 bits per heavy atom. The second-order valence-electron chi connectivity index (χ2n) is 9.76. The molecule has 2 amide bonds. The maximum Gasteiger partial charge on any atom is 0.433 e. The molecule has 0 radical (unpaired) electrons. The maximum atomic E-state index is 12.9. The quantitative estimate of drug-likeness (QED) is 0.696. The van der Waals surface area contributed by atoms with Crippen LogP contribution >= 0.6 is 0 Å². The van der Waals surface area contributed by atoms with E-state index in [1.165, 1.54) is 6.20 Å². The summed E-state index contributed by atoms with van der Waals surface area (Å²) < 4.78 is 43.7. The summed E-state index contributed by atoms with van der Waals surface area (Å²) in [6.45, 7) is 1.76. The highest BCUT2D eigenvalue weighted by atomic mass is 19.4. The van der Waals surface area contributed by atoms with Gasteiger partial charge in [-0.1, -0.05) is 0 Å². The Labute approximate surface area is 192 Å². The highest BCUT2D eigenvalue weighted by Crippen LogP contribution is 2.57. The fourth-order valence-corrected chi connectivity index (χ4v) is 6.31. The normalized spacial score (nSPS) is 29.5. The molecule has 0 aromatic carbocycles. The van der Waals surface area contributed by atoms with Crippen molar-refractivity contribution in [1.82, 2.24) is 30.6 Å². The van der Waals surface area contributed by atoms with Crippen molar-refractivity contribution in [2.45, 2.75) is 62.7 Å². The SMILES string of the molecule is Cc1cncc(C(=O)NC23CC4CC(CC(NC(=O)Oc5nccc(C(F)(F)F)n5)(C4)C2)C3)n1. The first-order chi connectivity index (χ1) is 16.0. The molecule has 2 atom stereocenters. The number of halogens is 3. The highest BCUT2D eigenvalue weighted by Gasteiger charge is 2.59. The van der Waals surface area contributed by atoms with Crippen LogP contribution in [0.4, 0.5) is 18.0 Å². The van der Waals surface area contributed by atoms with E-state index in [1.54, 1.807) is 13.1 Å². The van der Waals surface area contributed by atoms with Crippen LogP contribution in [-0.4, -0.2) is 43.0 Å². The minimum Gasteiger partial charge on any atom is -0.374 e. The standard InChI is InChI=1S/C22H23F3N6O3/c1-12-9-26-10-15(28-12)17(32)30-20-5-13-4-14(6-20)8-21(7-13,11-20)31-19(33)34-18-27-3-2-16(29-18)22(23,24)25/h2-3,9-10,13-14H,4-8,11H2,1H3,(H,30,32)(H,31,33). The number of ether oxygens (including phenoxy) is 1. The number of aryl methyl sites for hydroxylation is 1. The summed E-state index contributed by atoms with van der Waals surface area (Å²) in [5.41, 5.74) is -1.46. The lowest BCUT2D eigenvalue weighted by atomic mass is 9.50. The number of amides is 2. The first kappa shape index (κ1) is 22.5. The van der Waals surface area contributed by atoms with Crippen LogP contribution in [0.5, 0.6) is 6.01 Å². The topological polar surface area (TPSA) is 119 Å². The van der Waals surface area contributed by atoms with Crippen molar-refractivity contribution in [3.8, 4) is 6.01 Å². The second-order valence-corrected chi connectivity index (χ2v) is 9.76. The van der Waals surface area contributed by atoms with Gasteiger partial charge in [0.05, 0.1) is 11.9 Å². The monoisotopic (exact) mass is 476 g/mol. The van der Waals surface area contributed by atoms with Crippen LogP contribution in [0.15, 0.2) is 24.7 Å². The summed E-state index contributed by atoms with van der Waals surface area (Å²) in [4.78, 5) is 40.8. The zero-order chi connectivity index (χ0) is 24.1. The summed E-state index contributed by atoms with van der Waals surface area (Å²) in [5, 5.41) is 6.03. The summed E-state index contributed by atoms with van der Waals surface area (Å²) >= 11 is 0. The molecule has 4 saturated carbocycles. The van der Waals surface area contributed by atoms with Crippen LogP contribution in [0.1, 0.15) is 60.4 Å². The molecule has 2 N–H and O–H groups in total. The Hall–Kier alpha value is -3.31. The molecule has 0 spiro atoms. The van der Waals surface area contributed by atoms with Gasteiger partial charge in [0.15, 0.2) is 5.69 Å². The zero-order valence-corrected chi connectivity index (χ0v) is 18.4. The summed E-state index contributed by atoms with van der Waals surface area (Å²) in [6, 6.07) is 0.0348. The van der Waals surface area contributed by atoms with E-state index in [9.17, 15) is 22.8 Å². The highest BCUT2D eigenvalue weighted by molar-refractivity contribution is 5.92. The molecule has 4 fully saturated rings. The molecular weight excluding hydrogens is 453 g/mol. The number of aromatic nitrogens is 4. The van der Waals surface area contributed by atoms with Crippen molar-refractivity contribution in [1.29, 1.82) is 0 Å². The Morgan fingerprint density at radius 3 is 2.38 bits per heavy atom. The summed E-state index contributed by atoms with van der Waals surface area (Å²) in [7, 11) is 0. The molecule has 4 aliphatic rings. The molecule has 0 aliphatic heterocycles. The number of rotatable bonds is 4. The molecule has 4 aliphatic carbocycles. The van der Waals surface area contributed by atoms with Crippen LogP contribution in [0, 0.1) is 18.8 Å². The van der Waals surface area contributed by atoms with Crippen LogP contribution in [0.3, 0.4) is 0 Å². The van der Waals surface area contributed by atoms with Gasteiger partial charge in [-0.05, 0) is 63.4 Å². The molecular formula is C22H23F3N6O3. The first-order valence-corrected chi connectivity index (χ1v) is 11.0. The minimum absolute atomic E-state index is 0.235. The third kappa shape index (κ3) is 4.40. The van der Waals surface area contributed by atoms with Crippen molar-refractivity contribution < 1.29 is 27.5 Å². The Kier molecular flexibility index (Phi) is 5.21. The number of alkyl halides is 3. The van der Waals surface area contributed by atoms with Crippen molar-refractivity contribution in [2.75, 3.05) is 0 Å². The Morgan fingerprint density at radius 2 is 1.74 bits per heavy atom. The lowest BCUT2D eigenvalue weighted by molar-refractivity contribution is -0.141. The van der Waals surface area contributed by atoms with Crippen LogP contribution in [0.25, 0.3) is 0 Å². The fraction of sp³-hybridized carbons (Fsp3) is 0.545. The number of nitrogens with one attached hydrogen (secondary N) is 2. The van der Waals surface area contributed by atoms with E-state index in [2.05, 4.69) is 30.6 Å². The van der Waals surface area contributed by atoms with Gasteiger partial charge in [-0.2, -0.15) is 18.2 Å². The third-order valence-corrected chi connectivity index (χ3v) is 6.90. The number of hydrogen-bond donors (Lipinski definition) is 2. The van der Waals surface area contributed by atoms with Gasteiger partial charge < -0.3 is 15.4 Å². The molecule has 2 aromatic rings. The fourth-order valence-electron chi connectivity index (χ4n) is 6.31. The molecule has 34 heavy (non-hydrogen) atoms. The number of carbonyl (C=O) groups excluding carboxylic acids is 2. The number of hydrogen-bond acceptors (Lipinski definition) is 7. The van der Waals surface area contributed by atoms with E-state index in [0.29, 0.717) is 42.9 Å². The number of nitrogens with zero attached hydrogens (tertiary/aromatic N) is 4. The van der Waals surface area contributed by atoms with Gasteiger partial charge in [-0.15, -0.1) is 0 Å². The molecule has 12 heteroatoms. The maximum absolute atomic E-state index is 12.9. The van der Waals surface area contributed by atoms with E-state index in [1.807, 2.05) is 0 Å². The van der Waals surface area contributed by atoms with E-state index >= 15 is 0 Å². The van der Waals surface area contributed by atoms with Gasteiger partial charge in [-0.3, -0.25) is 9.78 Å². The lowest BCUT2D eigenvalue weighted by Gasteiger charge is -2.61. The largest absolute Gasteiger partial charge is 0.433 e. The lowest BCUT2D eigenvalue weighted by Crippen LogP contribution is -2.70. The minimum atomic E-state index is -4.68. The van der Waals surface area contributed by atoms with Gasteiger partial charge in [0, 0.05) is 23.5 Å². The van der Waals surface area contributed by atoms with Crippen LogP contribution in [-0.2, 0) is 6.18 Å². The van der Waals surface area contributed by atoms with Crippen molar-refractivity contribution >= 4 is 12.0 Å². The van der Waals surface area contributed by atoms with Gasteiger partial charge in [0.1, 0.15) is 5.69 Å². The predicted molar refractivity (Wildman–Crippen MR) is 111 cm³/mol. The van der Waals surface area contributed by atoms with Crippen LogP contribution in [0.2, 0.25) is 0 Å². The Bertz CT molecular complexity index is 1130. The molecule has 2 heterocycles. The average molecular weight is 476 g/mol. The summed E-state index contributed by atoms with van der Waals surface area (Å²) in [6.07, 6.45) is 2.82. The molecule has 9 nitrogen and oxygen atoms in total. The van der Waals surface area contributed by atoms with E-state index in [0.717, 1.165) is 25.5 Å². The van der Waals surface area contributed by atoms with Crippen molar-refractivity contribution in [3.05, 3.63) is 41.7 Å². The average Bonchev–Trinajstić information content (AvgIpc) is 2.71. The van der Waals surface area contributed by atoms with Crippen molar-refractivity contribution in [2.24, 2.45) is 11.8 Å². The smallest absolute Gasteiger partial charge is 0.374 e. The molecule has 4 bridgehead atoms. The third-order valence-electron chi connectivity index (χ3n) is 6.90.